The molecular formula is C17H12ClF3N2O3S. The Labute approximate surface area is 157 Å². The van der Waals surface area contributed by atoms with Gasteiger partial charge in [0.05, 0.1) is 5.56 Å². The molecule has 0 aliphatic carbocycles. The van der Waals surface area contributed by atoms with E-state index < -0.39 is 38.8 Å². The lowest BCUT2D eigenvalue weighted by atomic mass is 9.98. The number of aryl methyl sites for hydroxylation is 1. The Morgan fingerprint density at radius 1 is 1.19 bits per heavy atom. The minimum Gasteiger partial charge on any atom is -0.357 e. The third-order valence-corrected chi connectivity index (χ3v) is 5.26. The van der Waals surface area contributed by atoms with Crippen LogP contribution in [-0.4, -0.2) is 13.6 Å². The smallest absolute Gasteiger partial charge is 0.241 e. The molecule has 2 aromatic carbocycles. The van der Waals surface area contributed by atoms with Gasteiger partial charge >= 0.3 is 0 Å². The molecule has 0 saturated carbocycles. The van der Waals surface area contributed by atoms with Crippen molar-refractivity contribution in [3.8, 4) is 22.4 Å². The minimum atomic E-state index is -4.48. The SMILES string of the molecule is Cc1ccc(-c2noc(CF)c2-c2cc(F)c(S(N)(=O)=O)cc2F)cc1Cl. The van der Waals surface area contributed by atoms with E-state index in [1.165, 1.54) is 6.07 Å². The van der Waals surface area contributed by atoms with E-state index in [0.717, 1.165) is 5.56 Å². The molecule has 2 N–H and O–H groups in total. The number of hydrogen-bond acceptors (Lipinski definition) is 4. The molecule has 0 aliphatic heterocycles. The minimum absolute atomic E-state index is 0.0335. The van der Waals surface area contributed by atoms with E-state index in [4.69, 9.17) is 21.3 Å². The summed E-state index contributed by atoms with van der Waals surface area (Å²) in [6.45, 7) is 0.629. The number of hydrogen-bond donors (Lipinski definition) is 1. The Bertz CT molecular complexity index is 1150. The molecule has 1 heterocycles. The van der Waals surface area contributed by atoms with E-state index in [-0.39, 0.29) is 17.0 Å². The first-order chi connectivity index (χ1) is 12.6. The fourth-order valence-electron chi connectivity index (χ4n) is 2.57. The van der Waals surface area contributed by atoms with Crippen molar-refractivity contribution in [2.45, 2.75) is 18.5 Å². The summed E-state index contributed by atoms with van der Waals surface area (Å²) in [7, 11) is -4.48. The van der Waals surface area contributed by atoms with Gasteiger partial charge in [0, 0.05) is 16.1 Å². The lowest BCUT2D eigenvalue weighted by molar-refractivity contribution is 0.332. The van der Waals surface area contributed by atoms with Gasteiger partial charge in [-0.15, -0.1) is 0 Å². The lowest BCUT2D eigenvalue weighted by Gasteiger charge is -2.09. The summed E-state index contributed by atoms with van der Waals surface area (Å²) >= 11 is 6.08. The molecule has 5 nitrogen and oxygen atoms in total. The van der Waals surface area contributed by atoms with Crippen molar-refractivity contribution in [1.29, 1.82) is 0 Å². The number of nitrogens with two attached hydrogens (primary N) is 1. The van der Waals surface area contributed by atoms with Crippen molar-refractivity contribution in [3.63, 3.8) is 0 Å². The number of aromatic nitrogens is 1. The second kappa shape index (κ2) is 6.99. The Kier molecular flexibility index (Phi) is 5.02. The third kappa shape index (κ3) is 3.58. The molecule has 0 atom stereocenters. The first-order valence-electron chi connectivity index (χ1n) is 7.46. The quantitative estimate of drug-likeness (QED) is 0.684. The maximum atomic E-state index is 14.6. The van der Waals surface area contributed by atoms with Crippen LogP contribution < -0.4 is 5.14 Å². The Morgan fingerprint density at radius 3 is 2.48 bits per heavy atom. The molecule has 142 valence electrons. The van der Waals surface area contributed by atoms with Crippen LogP contribution in [0.4, 0.5) is 13.2 Å². The fourth-order valence-corrected chi connectivity index (χ4v) is 3.35. The van der Waals surface area contributed by atoms with Crippen LogP contribution in [0.2, 0.25) is 5.02 Å². The summed E-state index contributed by atoms with van der Waals surface area (Å²) in [5.74, 6) is -2.76. The highest BCUT2D eigenvalue weighted by molar-refractivity contribution is 7.89. The number of halogens is 4. The van der Waals surface area contributed by atoms with E-state index in [1.807, 2.05) is 0 Å². The highest BCUT2D eigenvalue weighted by atomic mass is 35.5. The van der Waals surface area contributed by atoms with Gasteiger partial charge in [0.1, 0.15) is 22.2 Å². The van der Waals surface area contributed by atoms with Crippen molar-refractivity contribution < 1.29 is 26.1 Å². The fraction of sp³-hybridized carbons (Fsp3) is 0.118. The molecule has 10 heteroatoms. The van der Waals surface area contributed by atoms with E-state index in [1.54, 1.807) is 19.1 Å². The molecule has 0 fully saturated rings. The van der Waals surface area contributed by atoms with Crippen LogP contribution in [0.15, 0.2) is 39.8 Å². The van der Waals surface area contributed by atoms with Crippen LogP contribution in [0, 0.1) is 18.6 Å². The van der Waals surface area contributed by atoms with Crippen molar-refractivity contribution in [3.05, 3.63) is 58.3 Å². The van der Waals surface area contributed by atoms with Crippen LogP contribution in [0.5, 0.6) is 0 Å². The Hall–Kier alpha value is -2.36. The highest BCUT2D eigenvalue weighted by Gasteiger charge is 2.26. The van der Waals surface area contributed by atoms with Crippen LogP contribution in [-0.2, 0) is 16.7 Å². The first-order valence-corrected chi connectivity index (χ1v) is 9.39. The predicted octanol–water partition coefficient (Wildman–Crippen LogP) is 4.37. The van der Waals surface area contributed by atoms with Gasteiger partial charge in [-0.05, 0) is 30.7 Å². The molecule has 0 bridgehead atoms. The van der Waals surface area contributed by atoms with Gasteiger partial charge in [0.25, 0.3) is 0 Å². The molecule has 0 unspecified atom stereocenters. The first kappa shape index (κ1) is 19.4. The molecule has 3 rings (SSSR count). The molecule has 0 amide bonds. The summed E-state index contributed by atoms with van der Waals surface area (Å²) in [6, 6.07) is 5.85. The van der Waals surface area contributed by atoms with Crippen molar-refractivity contribution >= 4 is 21.6 Å². The number of sulfonamides is 1. The second-order valence-corrected chi connectivity index (χ2v) is 7.67. The number of alkyl halides is 1. The number of rotatable bonds is 4. The Morgan fingerprint density at radius 2 is 1.89 bits per heavy atom. The summed E-state index contributed by atoms with van der Waals surface area (Å²) < 4.78 is 69.8. The molecule has 1 aromatic heterocycles. The average molecular weight is 417 g/mol. The third-order valence-electron chi connectivity index (χ3n) is 3.93. The monoisotopic (exact) mass is 416 g/mol. The zero-order chi connectivity index (χ0) is 19.9. The maximum Gasteiger partial charge on any atom is 0.241 e. The Balaban J connectivity index is 2.27. The van der Waals surface area contributed by atoms with Crippen LogP contribution in [0.25, 0.3) is 22.4 Å². The molecule has 0 radical (unpaired) electrons. The van der Waals surface area contributed by atoms with E-state index in [9.17, 15) is 21.6 Å². The van der Waals surface area contributed by atoms with Crippen LogP contribution in [0.1, 0.15) is 11.3 Å². The van der Waals surface area contributed by atoms with Crippen molar-refractivity contribution in [1.82, 2.24) is 5.16 Å². The normalized spacial score (nSPS) is 11.8. The number of nitrogens with zero attached hydrogens (tertiary/aromatic N) is 1. The zero-order valence-corrected chi connectivity index (χ0v) is 15.3. The lowest BCUT2D eigenvalue weighted by Crippen LogP contribution is -2.14. The van der Waals surface area contributed by atoms with Gasteiger partial charge in [0.15, 0.2) is 12.4 Å². The predicted molar refractivity (Wildman–Crippen MR) is 93.2 cm³/mol. The standard InChI is InChI=1S/C17H12ClF3N2O3S/c1-8-2-3-9(4-11(8)18)17-16(14(7-19)26-23-17)10-5-13(21)15(6-12(10)20)27(22,24)25/h2-6H,7H2,1H3,(H2,22,24,25). The topological polar surface area (TPSA) is 86.2 Å². The maximum absolute atomic E-state index is 14.6. The summed E-state index contributed by atoms with van der Waals surface area (Å²) in [5, 5.41) is 8.99. The van der Waals surface area contributed by atoms with Gasteiger partial charge in [-0.3, -0.25) is 0 Å². The summed E-state index contributed by atoms with van der Waals surface area (Å²) in [5.41, 5.74) is 0.631. The average Bonchev–Trinajstić information content (AvgIpc) is 3.01. The highest BCUT2D eigenvalue weighted by Crippen LogP contribution is 2.38. The van der Waals surface area contributed by atoms with E-state index >= 15 is 0 Å². The molecule has 27 heavy (non-hydrogen) atoms. The van der Waals surface area contributed by atoms with Crippen LogP contribution >= 0.6 is 11.6 Å². The zero-order valence-electron chi connectivity index (χ0n) is 13.8. The number of benzene rings is 2. The van der Waals surface area contributed by atoms with Crippen molar-refractivity contribution in [2.24, 2.45) is 5.14 Å². The second-order valence-electron chi connectivity index (χ2n) is 5.73. The molecule has 0 aliphatic rings. The number of primary sulfonamides is 1. The van der Waals surface area contributed by atoms with Gasteiger partial charge in [-0.2, -0.15) is 0 Å². The molecule has 3 aromatic rings. The van der Waals surface area contributed by atoms with Crippen LogP contribution in [0.3, 0.4) is 0 Å². The molecule has 0 saturated heterocycles. The summed E-state index contributed by atoms with van der Waals surface area (Å²) in [6.07, 6.45) is 0. The van der Waals surface area contributed by atoms with Gasteiger partial charge in [0.2, 0.25) is 10.0 Å². The van der Waals surface area contributed by atoms with Gasteiger partial charge in [-0.1, -0.05) is 28.9 Å². The molecular weight excluding hydrogens is 405 g/mol. The van der Waals surface area contributed by atoms with Gasteiger partial charge < -0.3 is 4.52 Å². The van der Waals surface area contributed by atoms with E-state index in [2.05, 4.69) is 5.16 Å². The van der Waals surface area contributed by atoms with E-state index in [0.29, 0.717) is 22.7 Å². The van der Waals surface area contributed by atoms with Crippen molar-refractivity contribution in [2.75, 3.05) is 0 Å². The molecule has 0 spiro atoms. The largest absolute Gasteiger partial charge is 0.357 e. The summed E-state index contributed by atoms with van der Waals surface area (Å²) in [4.78, 5) is -1.01. The van der Waals surface area contributed by atoms with Gasteiger partial charge in [-0.25, -0.2) is 26.7 Å².